The third kappa shape index (κ3) is 6.21. The zero-order valence-corrected chi connectivity index (χ0v) is 20.7. The van der Waals surface area contributed by atoms with Gasteiger partial charge in [-0.15, -0.1) is 0 Å². The second kappa shape index (κ2) is 12.5. The van der Waals surface area contributed by atoms with Crippen LogP contribution in [0.3, 0.4) is 0 Å². The number of carbonyl (C=O) groups excluding carboxylic acids is 2. The number of rotatable bonds is 11. The van der Waals surface area contributed by atoms with Crippen LogP contribution < -0.4 is 18.9 Å². The van der Waals surface area contributed by atoms with Crippen LogP contribution in [0.2, 0.25) is 0 Å². The van der Waals surface area contributed by atoms with Crippen LogP contribution in [-0.4, -0.2) is 47.0 Å². The Balaban J connectivity index is 2.49. The summed E-state index contributed by atoms with van der Waals surface area (Å²) in [5, 5.41) is 0. The summed E-state index contributed by atoms with van der Waals surface area (Å²) in [5.41, 5.74) is 3.08. The lowest BCUT2D eigenvalue weighted by Crippen LogP contribution is -2.15. The van der Waals surface area contributed by atoms with Gasteiger partial charge in [0.05, 0.1) is 35.0 Å². The summed E-state index contributed by atoms with van der Waals surface area (Å²) < 4.78 is 33.0. The van der Waals surface area contributed by atoms with Crippen molar-refractivity contribution in [2.24, 2.45) is 0 Å². The predicted octanol–water partition coefficient (Wildman–Crippen LogP) is 4.45. The summed E-state index contributed by atoms with van der Waals surface area (Å²) in [6.07, 6.45) is 2.75. The minimum absolute atomic E-state index is 0.323. The number of methoxy groups -OCH3 is 4. The molecule has 0 fully saturated rings. The van der Waals surface area contributed by atoms with Gasteiger partial charge in [-0.2, -0.15) is 0 Å². The van der Waals surface area contributed by atoms with E-state index in [0.29, 0.717) is 47.2 Å². The van der Waals surface area contributed by atoms with Gasteiger partial charge in [-0.1, -0.05) is 24.3 Å². The van der Waals surface area contributed by atoms with Gasteiger partial charge >= 0.3 is 11.9 Å². The van der Waals surface area contributed by atoms with Gasteiger partial charge < -0.3 is 28.4 Å². The Morgan fingerprint density at radius 3 is 1.94 bits per heavy atom. The van der Waals surface area contributed by atoms with Crippen molar-refractivity contribution in [2.75, 3.05) is 35.0 Å². The third-order valence-electron chi connectivity index (χ3n) is 5.15. The molecule has 0 heterocycles. The SMILES string of the molecule is CCOC(=O)C=Cc1ccc(CC(OC(C)=O)c2c(C)c(OC)c(OC)c(OC)c2OC)cc1. The molecule has 0 N–H and O–H groups in total. The molecule has 0 bridgehead atoms. The van der Waals surface area contributed by atoms with E-state index in [4.69, 9.17) is 28.4 Å². The van der Waals surface area contributed by atoms with Crippen molar-refractivity contribution >= 4 is 18.0 Å². The second-order valence-electron chi connectivity index (χ2n) is 7.30. The standard InChI is InChI=1S/C26H32O8/c1-8-33-21(28)14-13-18-9-11-19(12-10-18)15-20(34-17(3)27)22-16(2)23(29-4)25(31-6)26(32-7)24(22)30-5/h9-14,20H,8,15H2,1-7H3. The summed E-state index contributed by atoms with van der Waals surface area (Å²) in [4.78, 5) is 23.5. The summed E-state index contributed by atoms with van der Waals surface area (Å²) in [5.74, 6) is 0.770. The van der Waals surface area contributed by atoms with Gasteiger partial charge in [0.1, 0.15) is 6.10 Å². The molecule has 8 nitrogen and oxygen atoms in total. The third-order valence-corrected chi connectivity index (χ3v) is 5.15. The summed E-state index contributed by atoms with van der Waals surface area (Å²) in [7, 11) is 6.06. The first-order valence-electron chi connectivity index (χ1n) is 10.8. The molecule has 0 saturated heterocycles. The molecule has 2 rings (SSSR count). The molecule has 0 saturated carbocycles. The Morgan fingerprint density at radius 2 is 1.44 bits per heavy atom. The van der Waals surface area contributed by atoms with E-state index in [0.717, 1.165) is 11.1 Å². The van der Waals surface area contributed by atoms with Crippen molar-refractivity contribution in [1.82, 2.24) is 0 Å². The number of hydrogen-bond acceptors (Lipinski definition) is 8. The van der Waals surface area contributed by atoms with E-state index in [1.807, 2.05) is 31.2 Å². The van der Waals surface area contributed by atoms with Gasteiger partial charge in [-0.05, 0) is 31.1 Å². The van der Waals surface area contributed by atoms with Crippen molar-refractivity contribution < 1.29 is 38.0 Å². The van der Waals surface area contributed by atoms with Gasteiger partial charge in [0.15, 0.2) is 11.5 Å². The molecule has 0 aliphatic carbocycles. The number of carbonyl (C=O) groups is 2. The molecular formula is C26H32O8. The van der Waals surface area contributed by atoms with Gasteiger partial charge in [0.2, 0.25) is 11.5 Å². The zero-order valence-electron chi connectivity index (χ0n) is 20.7. The molecule has 184 valence electrons. The van der Waals surface area contributed by atoms with Crippen molar-refractivity contribution in [1.29, 1.82) is 0 Å². The molecule has 0 aliphatic heterocycles. The molecule has 1 unspecified atom stereocenters. The lowest BCUT2D eigenvalue weighted by molar-refractivity contribution is -0.146. The predicted molar refractivity (Wildman–Crippen MR) is 128 cm³/mol. The Morgan fingerprint density at radius 1 is 0.882 bits per heavy atom. The largest absolute Gasteiger partial charge is 0.492 e. The number of esters is 2. The minimum atomic E-state index is -0.679. The Bertz CT molecular complexity index is 1020. The number of benzene rings is 2. The molecule has 2 aromatic carbocycles. The highest BCUT2D eigenvalue weighted by molar-refractivity contribution is 5.87. The van der Waals surface area contributed by atoms with Crippen LogP contribution in [0.15, 0.2) is 30.3 Å². The van der Waals surface area contributed by atoms with Crippen molar-refractivity contribution in [3.63, 3.8) is 0 Å². The van der Waals surface area contributed by atoms with Gasteiger partial charge in [0, 0.05) is 30.5 Å². The molecule has 0 amide bonds. The van der Waals surface area contributed by atoms with Crippen LogP contribution in [0.25, 0.3) is 6.08 Å². The summed E-state index contributed by atoms with van der Waals surface area (Å²) >= 11 is 0. The first-order chi connectivity index (χ1) is 16.3. The lowest BCUT2D eigenvalue weighted by atomic mass is 9.94. The van der Waals surface area contributed by atoms with E-state index in [2.05, 4.69) is 0 Å². The maximum Gasteiger partial charge on any atom is 0.330 e. The van der Waals surface area contributed by atoms with Gasteiger partial charge in [0.25, 0.3) is 0 Å². The van der Waals surface area contributed by atoms with E-state index >= 15 is 0 Å². The van der Waals surface area contributed by atoms with Crippen molar-refractivity contribution in [2.45, 2.75) is 33.3 Å². The van der Waals surface area contributed by atoms with Crippen LogP contribution in [0.4, 0.5) is 0 Å². The van der Waals surface area contributed by atoms with E-state index in [1.54, 1.807) is 13.0 Å². The topological polar surface area (TPSA) is 89.5 Å². The van der Waals surface area contributed by atoms with E-state index in [1.165, 1.54) is 41.4 Å². The fourth-order valence-corrected chi connectivity index (χ4v) is 3.73. The first kappa shape index (κ1) is 26.6. The van der Waals surface area contributed by atoms with Crippen molar-refractivity contribution in [3.8, 4) is 23.0 Å². The Kier molecular flexibility index (Phi) is 9.79. The smallest absolute Gasteiger partial charge is 0.330 e. The molecule has 1 atom stereocenters. The molecule has 2 aromatic rings. The van der Waals surface area contributed by atoms with E-state index in [9.17, 15) is 9.59 Å². The van der Waals surface area contributed by atoms with Gasteiger partial charge in [-0.25, -0.2) is 4.79 Å². The number of ether oxygens (including phenoxy) is 6. The fourth-order valence-electron chi connectivity index (χ4n) is 3.73. The Labute approximate surface area is 200 Å². The quantitative estimate of drug-likeness (QED) is 0.350. The van der Waals surface area contributed by atoms with Crippen LogP contribution in [0, 0.1) is 6.92 Å². The van der Waals surface area contributed by atoms with Crippen LogP contribution in [-0.2, 0) is 25.5 Å². The van der Waals surface area contributed by atoms with Crippen LogP contribution >= 0.6 is 0 Å². The molecular weight excluding hydrogens is 440 g/mol. The maximum atomic E-state index is 12.0. The van der Waals surface area contributed by atoms with E-state index < -0.39 is 18.0 Å². The maximum absolute atomic E-state index is 12.0. The average Bonchev–Trinajstić information content (AvgIpc) is 2.82. The summed E-state index contributed by atoms with van der Waals surface area (Å²) in [6.45, 7) is 5.28. The second-order valence-corrected chi connectivity index (χ2v) is 7.30. The zero-order chi connectivity index (χ0) is 25.3. The van der Waals surface area contributed by atoms with E-state index in [-0.39, 0.29) is 0 Å². The van der Waals surface area contributed by atoms with Gasteiger partial charge in [-0.3, -0.25) is 4.79 Å². The van der Waals surface area contributed by atoms with Crippen LogP contribution in [0.5, 0.6) is 23.0 Å². The number of hydrogen-bond donors (Lipinski definition) is 0. The normalized spacial score (nSPS) is 11.6. The molecule has 0 aliphatic rings. The molecule has 34 heavy (non-hydrogen) atoms. The Hall–Kier alpha value is -3.68. The van der Waals surface area contributed by atoms with Crippen LogP contribution in [0.1, 0.15) is 42.2 Å². The highest BCUT2D eigenvalue weighted by Gasteiger charge is 2.31. The average molecular weight is 473 g/mol. The minimum Gasteiger partial charge on any atom is -0.492 e. The molecule has 0 radical (unpaired) electrons. The molecule has 8 heteroatoms. The fraction of sp³-hybridized carbons (Fsp3) is 0.385. The highest BCUT2D eigenvalue weighted by Crippen LogP contribution is 2.52. The summed E-state index contributed by atoms with van der Waals surface area (Å²) in [6, 6.07) is 7.55. The van der Waals surface area contributed by atoms with Crippen molar-refractivity contribution in [3.05, 3.63) is 52.6 Å². The molecule has 0 spiro atoms. The highest BCUT2D eigenvalue weighted by atomic mass is 16.6. The monoisotopic (exact) mass is 472 g/mol. The first-order valence-corrected chi connectivity index (χ1v) is 10.8. The molecule has 0 aromatic heterocycles. The lowest BCUT2D eigenvalue weighted by Gasteiger charge is -2.26.